The number of aryl methyl sites for hydroxylation is 2. The number of aromatic nitrogens is 3. The monoisotopic (exact) mass is 408 g/mol. The topological polar surface area (TPSA) is 106 Å². The summed E-state index contributed by atoms with van der Waals surface area (Å²) in [6, 6.07) is 8.12. The number of nitrogens with zero attached hydrogens (tertiary/aromatic N) is 4. The molecule has 0 fully saturated rings. The minimum absolute atomic E-state index is 0.0214. The van der Waals surface area contributed by atoms with Crippen molar-refractivity contribution >= 4 is 17.5 Å². The Morgan fingerprint density at radius 1 is 1.17 bits per heavy atom. The number of amides is 2. The molecule has 0 saturated heterocycles. The van der Waals surface area contributed by atoms with Crippen LogP contribution in [0, 0.1) is 13.8 Å². The van der Waals surface area contributed by atoms with Gasteiger partial charge in [-0.3, -0.25) is 9.59 Å². The molecule has 0 radical (unpaired) electrons. The summed E-state index contributed by atoms with van der Waals surface area (Å²) < 4.78 is 1.61. The molecule has 8 heteroatoms. The van der Waals surface area contributed by atoms with Crippen molar-refractivity contribution in [1.82, 2.24) is 24.8 Å². The van der Waals surface area contributed by atoms with E-state index in [1.54, 1.807) is 4.52 Å². The van der Waals surface area contributed by atoms with Crippen molar-refractivity contribution in [3.05, 3.63) is 64.1 Å². The van der Waals surface area contributed by atoms with Gasteiger partial charge in [0.15, 0.2) is 5.65 Å². The molecule has 0 atom stereocenters. The molecule has 0 bridgehead atoms. The highest BCUT2D eigenvalue weighted by Gasteiger charge is 2.17. The van der Waals surface area contributed by atoms with Crippen molar-refractivity contribution in [1.29, 1.82) is 0 Å². The first-order valence-electron chi connectivity index (χ1n) is 9.89. The summed E-state index contributed by atoms with van der Waals surface area (Å²) in [6.07, 6.45) is 2.31. The van der Waals surface area contributed by atoms with Gasteiger partial charge in [0.05, 0.1) is 6.20 Å². The zero-order valence-electron chi connectivity index (χ0n) is 17.9. The molecule has 3 N–H and O–H groups in total. The van der Waals surface area contributed by atoms with Gasteiger partial charge in [-0.25, -0.2) is 9.50 Å². The van der Waals surface area contributed by atoms with Gasteiger partial charge in [0.25, 0.3) is 5.91 Å². The number of primary amides is 1. The first-order chi connectivity index (χ1) is 14.3. The Bertz CT molecular complexity index is 1090. The molecule has 3 aromatic rings. The molecular formula is C22H28N6O2. The Labute approximate surface area is 176 Å². The van der Waals surface area contributed by atoms with Gasteiger partial charge in [-0.15, -0.1) is 0 Å². The van der Waals surface area contributed by atoms with Gasteiger partial charge < -0.3 is 16.0 Å². The summed E-state index contributed by atoms with van der Waals surface area (Å²) in [6.45, 7) is 5.10. The number of rotatable bonds is 8. The molecule has 0 unspecified atom stereocenters. The maximum atomic E-state index is 12.5. The van der Waals surface area contributed by atoms with E-state index in [2.05, 4.69) is 26.4 Å². The third-order valence-electron chi connectivity index (χ3n) is 5.16. The maximum absolute atomic E-state index is 12.5. The molecule has 0 saturated carbocycles. The molecule has 1 aromatic carbocycles. The lowest BCUT2D eigenvalue weighted by molar-refractivity contribution is -0.121. The highest BCUT2D eigenvalue weighted by Crippen LogP contribution is 2.18. The van der Waals surface area contributed by atoms with Crippen LogP contribution in [0.15, 0.2) is 30.5 Å². The average molecular weight is 409 g/mol. The fraction of sp³-hybridized carbons (Fsp3) is 0.364. The Balaban J connectivity index is 1.67. The molecule has 2 heterocycles. The molecular weight excluding hydrogens is 380 g/mol. The standard InChI is InChI=1S/C22H28N6O2/c1-14-18(15(2)28-22(26-14)19(12-25-28)21(23)30)9-10-20(29)24-11-16-7-5-6-8-17(16)13-27(3)4/h5-8,12H,9-11,13H2,1-4H3,(H2,23,30)(H,24,29). The Morgan fingerprint density at radius 3 is 2.53 bits per heavy atom. The summed E-state index contributed by atoms with van der Waals surface area (Å²) in [5, 5.41) is 7.24. The molecule has 2 amide bonds. The number of nitrogens with two attached hydrogens (primary N) is 1. The fourth-order valence-corrected chi connectivity index (χ4v) is 3.59. The lowest BCUT2D eigenvalue weighted by Gasteiger charge is -2.15. The molecule has 30 heavy (non-hydrogen) atoms. The molecule has 3 rings (SSSR count). The van der Waals surface area contributed by atoms with E-state index < -0.39 is 5.91 Å². The van der Waals surface area contributed by atoms with Crippen LogP contribution in [-0.2, 0) is 24.3 Å². The van der Waals surface area contributed by atoms with Crippen LogP contribution in [-0.4, -0.2) is 45.4 Å². The van der Waals surface area contributed by atoms with Crippen LogP contribution < -0.4 is 11.1 Å². The number of fused-ring (bicyclic) bond motifs is 1. The van der Waals surface area contributed by atoms with E-state index in [0.717, 1.165) is 29.1 Å². The summed E-state index contributed by atoms with van der Waals surface area (Å²) in [4.78, 5) is 30.6. The van der Waals surface area contributed by atoms with Gasteiger partial charge in [0.2, 0.25) is 5.91 Å². The zero-order chi connectivity index (χ0) is 21.8. The van der Waals surface area contributed by atoms with Crippen molar-refractivity contribution in [2.24, 2.45) is 5.73 Å². The van der Waals surface area contributed by atoms with Crippen LogP contribution in [0.3, 0.4) is 0 Å². The second-order valence-electron chi connectivity index (χ2n) is 7.70. The normalized spacial score (nSPS) is 11.2. The Kier molecular flexibility index (Phi) is 6.47. The zero-order valence-corrected chi connectivity index (χ0v) is 17.9. The predicted molar refractivity (Wildman–Crippen MR) is 115 cm³/mol. The highest BCUT2D eigenvalue weighted by atomic mass is 16.1. The van der Waals surface area contributed by atoms with E-state index in [9.17, 15) is 9.59 Å². The van der Waals surface area contributed by atoms with Gasteiger partial charge >= 0.3 is 0 Å². The van der Waals surface area contributed by atoms with Crippen LogP contribution in [0.1, 0.15) is 44.9 Å². The largest absolute Gasteiger partial charge is 0.365 e. The first kappa shape index (κ1) is 21.4. The lowest BCUT2D eigenvalue weighted by atomic mass is 10.1. The second-order valence-corrected chi connectivity index (χ2v) is 7.70. The quantitative estimate of drug-likeness (QED) is 0.591. The van der Waals surface area contributed by atoms with Gasteiger partial charge in [-0.05, 0) is 51.1 Å². The fourth-order valence-electron chi connectivity index (χ4n) is 3.59. The van der Waals surface area contributed by atoms with Crippen LogP contribution in [0.4, 0.5) is 0 Å². The third kappa shape index (κ3) is 4.65. The number of hydrogen-bond donors (Lipinski definition) is 2. The average Bonchev–Trinajstić information content (AvgIpc) is 3.11. The molecule has 0 aliphatic heterocycles. The predicted octanol–water partition coefficient (Wildman–Crippen LogP) is 1.76. The van der Waals surface area contributed by atoms with Crippen molar-refractivity contribution in [3.63, 3.8) is 0 Å². The number of nitrogens with one attached hydrogen (secondary N) is 1. The SMILES string of the molecule is Cc1nc2c(C(N)=O)cnn2c(C)c1CCC(=O)NCc1ccccc1CN(C)C. The maximum Gasteiger partial charge on any atom is 0.254 e. The van der Waals surface area contributed by atoms with Crippen molar-refractivity contribution in [2.75, 3.05) is 14.1 Å². The first-order valence-corrected chi connectivity index (χ1v) is 9.89. The Morgan fingerprint density at radius 2 is 1.87 bits per heavy atom. The molecule has 158 valence electrons. The van der Waals surface area contributed by atoms with Crippen LogP contribution in [0.5, 0.6) is 0 Å². The highest BCUT2D eigenvalue weighted by molar-refractivity contribution is 5.98. The third-order valence-corrected chi connectivity index (χ3v) is 5.16. The molecule has 0 aliphatic carbocycles. The van der Waals surface area contributed by atoms with Crippen molar-refractivity contribution < 1.29 is 9.59 Å². The van der Waals surface area contributed by atoms with E-state index in [4.69, 9.17) is 5.73 Å². The summed E-state index contributed by atoms with van der Waals surface area (Å²) >= 11 is 0. The van der Waals surface area contributed by atoms with Gasteiger partial charge in [-0.2, -0.15) is 5.10 Å². The van der Waals surface area contributed by atoms with E-state index in [0.29, 0.717) is 30.6 Å². The van der Waals surface area contributed by atoms with Gasteiger partial charge in [0, 0.05) is 30.9 Å². The lowest BCUT2D eigenvalue weighted by Crippen LogP contribution is -2.24. The number of carbonyl (C=O) groups is 2. The van der Waals surface area contributed by atoms with Gasteiger partial charge in [-0.1, -0.05) is 24.3 Å². The Hall–Kier alpha value is -3.26. The smallest absolute Gasteiger partial charge is 0.254 e. The summed E-state index contributed by atoms with van der Waals surface area (Å²) in [7, 11) is 4.05. The second kappa shape index (κ2) is 9.04. The van der Waals surface area contributed by atoms with E-state index in [-0.39, 0.29) is 5.91 Å². The van der Waals surface area contributed by atoms with Crippen LogP contribution in [0.2, 0.25) is 0 Å². The number of benzene rings is 1. The van der Waals surface area contributed by atoms with Crippen molar-refractivity contribution in [2.45, 2.75) is 39.8 Å². The van der Waals surface area contributed by atoms with E-state index in [1.807, 2.05) is 46.1 Å². The van der Waals surface area contributed by atoms with E-state index >= 15 is 0 Å². The molecule has 8 nitrogen and oxygen atoms in total. The molecule has 2 aromatic heterocycles. The van der Waals surface area contributed by atoms with E-state index in [1.165, 1.54) is 11.8 Å². The van der Waals surface area contributed by atoms with Crippen LogP contribution >= 0.6 is 0 Å². The minimum Gasteiger partial charge on any atom is -0.365 e. The number of hydrogen-bond acceptors (Lipinski definition) is 5. The summed E-state index contributed by atoms with van der Waals surface area (Å²) in [5.41, 5.74) is 11.0. The van der Waals surface area contributed by atoms with Gasteiger partial charge in [0.1, 0.15) is 5.56 Å². The molecule has 0 spiro atoms. The molecule has 0 aliphatic rings. The van der Waals surface area contributed by atoms with Crippen LogP contribution in [0.25, 0.3) is 5.65 Å². The minimum atomic E-state index is -0.557. The number of carbonyl (C=O) groups excluding carboxylic acids is 2. The summed E-state index contributed by atoms with van der Waals surface area (Å²) in [5.74, 6) is -0.579. The van der Waals surface area contributed by atoms with Crippen molar-refractivity contribution in [3.8, 4) is 0 Å².